The number of hydrogen-bond acceptors (Lipinski definition) is 6. The van der Waals surface area contributed by atoms with Crippen LogP contribution in [-0.4, -0.2) is 54.4 Å². The van der Waals surface area contributed by atoms with Gasteiger partial charge in [0.15, 0.2) is 0 Å². The van der Waals surface area contributed by atoms with Crippen molar-refractivity contribution in [2.45, 2.75) is 19.8 Å². The van der Waals surface area contributed by atoms with Crippen molar-refractivity contribution in [3.05, 3.63) is 5.01 Å². The number of amides is 1. The average Bonchev–Trinajstić information content (AvgIpc) is 2.88. The lowest BCUT2D eigenvalue weighted by Gasteiger charge is -2.30. The lowest BCUT2D eigenvalue weighted by Crippen LogP contribution is -2.39. The van der Waals surface area contributed by atoms with E-state index in [2.05, 4.69) is 15.5 Å². The van der Waals surface area contributed by atoms with E-state index in [0.29, 0.717) is 16.1 Å². The lowest BCUT2D eigenvalue weighted by molar-refractivity contribution is 0.0612. The fourth-order valence-electron chi connectivity index (χ4n) is 2.21. The number of anilines is 1. The van der Waals surface area contributed by atoms with Crippen molar-refractivity contribution in [1.82, 2.24) is 15.1 Å². The van der Waals surface area contributed by atoms with Crippen molar-refractivity contribution in [1.29, 1.82) is 0 Å². The van der Waals surface area contributed by atoms with Gasteiger partial charge in [-0.2, -0.15) is 0 Å². The Labute approximate surface area is 117 Å². The third-order valence-corrected chi connectivity index (χ3v) is 4.11. The molecule has 0 saturated carbocycles. The molecule has 1 saturated heterocycles. The Hall–Kier alpha value is -1.21. The Balaban J connectivity index is 1.89. The molecule has 0 bridgehead atoms. The Morgan fingerprint density at radius 1 is 1.47 bits per heavy atom. The standard InChI is InChI=1S/C12H20N4O2S/c1-3-13-12-15-14-10(19-12)11(17)16-6-4-9(5-7-16)8-18-2/h9H,3-8H2,1-2H3,(H,13,15). The number of hydrogen-bond donors (Lipinski definition) is 1. The molecule has 0 spiro atoms. The highest BCUT2D eigenvalue weighted by atomic mass is 32.1. The molecule has 0 aliphatic carbocycles. The summed E-state index contributed by atoms with van der Waals surface area (Å²) < 4.78 is 5.16. The molecular weight excluding hydrogens is 264 g/mol. The van der Waals surface area contributed by atoms with E-state index in [1.54, 1.807) is 7.11 Å². The third-order valence-electron chi connectivity index (χ3n) is 3.24. The fraction of sp³-hybridized carbons (Fsp3) is 0.750. The molecule has 1 amide bonds. The van der Waals surface area contributed by atoms with E-state index >= 15 is 0 Å². The van der Waals surface area contributed by atoms with Gasteiger partial charge in [0.2, 0.25) is 10.1 Å². The normalized spacial score (nSPS) is 16.6. The zero-order valence-electron chi connectivity index (χ0n) is 11.4. The number of nitrogens with zero attached hydrogens (tertiary/aromatic N) is 3. The molecule has 1 aromatic heterocycles. The SMILES string of the molecule is CCNc1nnc(C(=O)N2CCC(COC)CC2)s1. The predicted molar refractivity (Wildman–Crippen MR) is 74.6 cm³/mol. The molecule has 0 aromatic carbocycles. The number of carbonyl (C=O) groups excluding carboxylic acids is 1. The number of ether oxygens (including phenoxy) is 1. The van der Waals surface area contributed by atoms with Crippen LogP contribution < -0.4 is 5.32 Å². The van der Waals surface area contributed by atoms with E-state index in [1.807, 2.05) is 11.8 Å². The van der Waals surface area contributed by atoms with Crippen LogP contribution in [0.2, 0.25) is 0 Å². The van der Waals surface area contributed by atoms with Crippen LogP contribution in [-0.2, 0) is 4.74 Å². The van der Waals surface area contributed by atoms with E-state index in [4.69, 9.17) is 4.74 Å². The van der Waals surface area contributed by atoms with Crippen LogP contribution in [0.25, 0.3) is 0 Å². The maximum atomic E-state index is 12.3. The number of likely N-dealkylation sites (tertiary alicyclic amines) is 1. The molecule has 0 atom stereocenters. The van der Waals surface area contributed by atoms with E-state index in [0.717, 1.165) is 39.1 Å². The number of rotatable bonds is 5. The van der Waals surface area contributed by atoms with E-state index in [9.17, 15) is 4.79 Å². The van der Waals surface area contributed by atoms with Crippen molar-refractivity contribution in [2.75, 3.05) is 38.7 Å². The van der Waals surface area contributed by atoms with Gasteiger partial charge in [-0.25, -0.2) is 0 Å². The van der Waals surface area contributed by atoms with Gasteiger partial charge in [-0.15, -0.1) is 10.2 Å². The summed E-state index contributed by atoms with van der Waals surface area (Å²) in [5.74, 6) is 0.568. The van der Waals surface area contributed by atoms with Crippen LogP contribution in [0.1, 0.15) is 29.6 Å². The minimum Gasteiger partial charge on any atom is -0.384 e. The van der Waals surface area contributed by atoms with Crippen molar-refractivity contribution in [3.8, 4) is 0 Å². The first kappa shape index (κ1) is 14.2. The summed E-state index contributed by atoms with van der Waals surface area (Å²) in [4.78, 5) is 14.1. The van der Waals surface area contributed by atoms with E-state index in [1.165, 1.54) is 11.3 Å². The molecule has 2 rings (SSSR count). The van der Waals surface area contributed by atoms with Crippen LogP contribution in [0, 0.1) is 5.92 Å². The van der Waals surface area contributed by atoms with Gasteiger partial charge in [0.05, 0.1) is 0 Å². The van der Waals surface area contributed by atoms with Gasteiger partial charge >= 0.3 is 0 Å². The second-order valence-electron chi connectivity index (χ2n) is 4.63. The lowest BCUT2D eigenvalue weighted by atomic mass is 9.98. The molecule has 1 fully saturated rings. The Kier molecular flexibility index (Phi) is 5.09. The predicted octanol–water partition coefficient (Wildman–Crippen LogP) is 1.47. The Bertz CT molecular complexity index is 416. The van der Waals surface area contributed by atoms with Gasteiger partial charge in [-0.3, -0.25) is 4.79 Å². The molecule has 106 valence electrons. The molecule has 1 aromatic rings. The Morgan fingerprint density at radius 3 is 2.84 bits per heavy atom. The van der Waals surface area contributed by atoms with Crippen molar-refractivity contribution in [2.24, 2.45) is 5.92 Å². The van der Waals surface area contributed by atoms with Gasteiger partial charge in [0.25, 0.3) is 5.91 Å². The van der Waals surface area contributed by atoms with Crippen molar-refractivity contribution >= 4 is 22.4 Å². The van der Waals surface area contributed by atoms with Gasteiger partial charge in [0.1, 0.15) is 0 Å². The van der Waals surface area contributed by atoms with E-state index in [-0.39, 0.29) is 5.91 Å². The molecular formula is C12H20N4O2S. The molecule has 2 heterocycles. The summed E-state index contributed by atoms with van der Waals surface area (Å²) >= 11 is 1.32. The first-order valence-electron chi connectivity index (χ1n) is 6.60. The molecule has 1 N–H and O–H groups in total. The summed E-state index contributed by atoms with van der Waals surface area (Å²) in [5.41, 5.74) is 0. The van der Waals surface area contributed by atoms with Gasteiger partial charge in [0, 0.05) is 33.4 Å². The number of aromatic nitrogens is 2. The molecule has 1 aliphatic heterocycles. The van der Waals surface area contributed by atoms with Gasteiger partial charge in [-0.05, 0) is 25.7 Å². The smallest absolute Gasteiger partial charge is 0.284 e. The minimum atomic E-state index is -0.00230. The third kappa shape index (κ3) is 3.63. The number of piperidine rings is 1. The topological polar surface area (TPSA) is 67.4 Å². The van der Waals surface area contributed by atoms with Gasteiger partial charge in [-0.1, -0.05) is 11.3 Å². The summed E-state index contributed by atoms with van der Waals surface area (Å²) in [7, 11) is 1.72. The highest BCUT2D eigenvalue weighted by Crippen LogP contribution is 2.21. The zero-order chi connectivity index (χ0) is 13.7. The monoisotopic (exact) mass is 284 g/mol. The largest absolute Gasteiger partial charge is 0.384 e. The van der Waals surface area contributed by atoms with Crippen LogP contribution in [0.15, 0.2) is 0 Å². The quantitative estimate of drug-likeness (QED) is 0.887. The molecule has 0 unspecified atom stereocenters. The van der Waals surface area contributed by atoms with Crippen LogP contribution >= 0.6 is 11.3 Å². The highest BCUT2D eigenvalue weighted by Gasteiger charge is 2.25. The van der Waals surface area contributed by atoms with Gasteiger partial charge < -0.3 is 15.0 Å². The summed E-state index contributed by atoms with van der Waals surface area (Å²) in [6.07, 6.45) is 2.00. The maximum absolute atomic E-state index is 12.3. The highest BCUT2D eigenvalue weighted by molar-refractivity contribution is 7.17. The van der Waals surface area contributed by atoms with E-state index < -0.39 is 0 Å². The van der Waals surface area contributed by atoms with Crippen LogP contribution in [0.4, 0.5) is 5.13 Å². The Morgan fingerprint density at radius 2 is 2.21 bits per heavy atom. The molecule has 1 aliphatic rings. The minimum absolute atomic E-state index is 0.00230. The second kappa shape index (κ2) is 6.81. The molecule has 6 nitrogen and oxygen atoms in total. The number of nitrogens with one attached hydrogen (secondary N) is 1. The van der Waals surface area contributed by atoms with Crippen molar-refractivity contribution < 1.29 is 9.53 Å². The molecule has 19 heavy (non-hydrogen) atoms. The van der Waals surface area contributed by atoms with Crippen LogP contribution in [0.3, 0.4) is 0 Å². The fourth-order valence-corrected chi connectivity index (χ4v) is 2.99. The first-order chi connectivity index (χ1) is 9.24. The average molecular weight is 284 g/mol. The molecule has 7 heteroatoms. The number of carbonyl (C=O) groups is 1. The molecule has 0 radical (unpaired) electrons. The van der Waals surface area contributed by atoms with Crippen molar-refractivity contribution in [3.63, 3.8) is 0 Å². The number of methoxy groups -OCH3 is 1. The maximum Gasteiger partial charge on any atom is 0.284 e. The first-order valence-corrected chi connectivity index (χ1v) is 7.41. The zero-order valence-corrected chi connectivity index (χ0v) is 12.2. The summed E-state index contributed by atoms with van der Waals surface area (Å²) in [5, 5.41) is 12.2. The second-order valence-corrected chi connectivity index (χ2v) is 5.61. The van der Waals surface area contributed by atoms with Crippen LogP contribution in [0.5, 0.6) is 0 Å². The summed E-state index contributed by atoms with van der Waals surface area (Å²) in [6, 6.07) is 0. The summed E-state index contributed by atoms with van der Waals surface area (Å²) in [6.45, 7) is 5.12.